The van der Waals surface area contributed by atoms with E-state index in [4.69, 9.17) is 20.4 Å². The summed E-state index contributed by atoms with van der Waals surface area (Å²) in [6, 6.07) is 15.3. The lowest BCUT2D eigenvalue weighted by Crippen LogP contribution is -2.25. The molecule has 1 amide bonds. The number of fused-ring (bicyclic) bond motifs is 2. The van der Waals surface area contributed by atoms with Gasteiger partial charge in [0.15, 0.2) is 5.65 Å². The maximum absolute atomic E-state index is 13.2. The number of benzene rings is 2. The molecule has 0 aliphatic heterocycles. The number of hydrogen-bond donors (Lipinski definition) is 2. The van der Waals surface area contributed by atoms with Crippen LogP contribution in [0, 0.1) is 0 Å². The van der Waals surface area contributed by atoms with Gasteiger partial charge in [0.25, 0.3) is 5.91 Å². The Bertz CT molecular complexity index is 1260. The number of carbonyl (C=O) groups excluding carboxylic acids is 1. The molecule has 2 aromatic heterocycles. The first-order chi connectivity index (χ1) is 16.6. The largest absolute Gasteiger partial charge is 0.494 e. The number of hydrogen-bond acceptors (Lipinski definition) is 5. The van der Waals surface area contributed by atoms with Gasteiger partial charge in [-0.2, -0.15) is 0 Å². The molecule has 0 aliphatic carbocycles. The molecular weight excluding hydrogens is 426 g/mol. The summed E-state index contributed by atoms with van der Waals surface area (Å²) >= 11 is 0. The second kappa shape index (κ2) is 11.0. The minimum atomic E-state index is -0.221. The number of nitrogens with zero attached hydrogens (tertiary/aromatic N) is 3. The highest BCUT2D eigenvalue weighted by molar-refractivity contribution is 6.11. The summed E-state index contributed by atoms with van der Waals surface area (Å²) in [6.07, 6.45) is 6.43. The average Bonchev–Trinajstić information content (AvgIpc) is 3.13. The van der Waals surface area contributed by atoms with Gasteiger partial charge in [0.05, 0.1) is 17.6 Å². The highest BCUT2D eigenvalue weighted by Gasteiger charge is 2.24. The molecule has 0 fully saturated rings. The predicted octanol–water partition coefficient (Wildman–Crippen LogP) is 5.64. The molecule has 7 nitrogen and oxygen atoms in total. The molecule has 7 heteroatoms. The van der Waals surface area contributed by atoms with Gasteiger partial charge in [-0.15, -0.1) is 0 Å². The van der Waals surface area contributed by atoms with Crippen LogP contribution in [0.5, 0.6) is 5.75 Å². The van der Waals surface area contributed by atoms with Crippen molar-refractivity contribution in [3.8, 4) is 11.4 Å². The Hall–Kier alpha value is -3.61. The molecule has 0 spiro atoms. The van der Waals surface area contributed by atoms with Gasteiger partial charge in [0.2, 0.25) is 0 Å². The predicted molar refractivity (Wildman–Crippen MR) is 138 cm³/mol. The van der Waals surface area contributed by atoms with E-state index in [1.807, 2.05) is 48.5 Å². The second-order valence-electron chi connectivity index (χ2n) is 8.49. The van der Waals surface area contributed by atoms with Crippen molar-refractivity contribution in [1.82, 2.24) is 19.9 Å². The molecular formula is C27H33N5O2. The summed E-state index contributed by atoms with van der Waals surface area (Å²) in [5.74, 6) is 0.909. The van der Waals surface area contributed by atoms with Crippen LogP contribution in [-0.2, 0) is 0 Å². The number of nitrogens with two attached hydrogens (primary N) is 1. The molecule has 4 aromatic rings. The van der Waals surface area contributed by atoms with Crippen LogP contribution in [0.2, 0.25) is 0 Å². The Morgan fingerprint density at radius 2 is 1.65 bits per heavy atom. The average molecular weight is 460 g/mol. The van der Waals surface area contributed by atoms with Crippen molar-refractivity contribution in [3.05, 3.63) is 54.1 Å². The third-order valence-electron chi connectivity index (χ3n) is 5.90. The summed E-state index contributed by atoms with van der Waals surface area (Å²) < 4.78 is 7.60. The smallest absolute Gasteiger partial charge is 0.257 e. The number of unbranched alkanes of at least 4 members (excludes halogenated alkanes) is 4. The highest BCUT2D eigenvalue weighted by atomic mass is 16.5. The van der Waals surface area contributed by atoms with Crippen LogP contribution in [0.3, 0.4) is 0 Å². The minimum absolute atomic E-state index is 0.221. The Balaban J connectivity index is 1.73. The van der Waals surface area contributed by atoms with Gasteiger partial charge < -0.3 is 15.8 Å². The van der Waals surface area contributed by atoms with E-state index in [1.54, 1.807) is 4.57 Å². The molecule has 4 rings (SSSR count). The molecule has 0 saturated carbocycles. The number of aromatic nitrogens is 3. The van der Waals surface area contributed by atoms with Crippen LogP contribution in [-0.4, -0.2) is 33.6 Å². The molecule has 0 radical (unpaired) electrons. The van der Waals surface area contributed by atoms with Crippen LogP contribution in [0.15, 0.2) is 48.5 Å². The first kappa shape index (κ1) is 23.5. The molecule has 0 bridgehead atoms. The van der Waals surface area contributed by atoms with E-state index in [1.165, 1.54) is 0 Å². The van der Waals surface area contributed by atoms with Crippen molar-refractivity contribution < 1.29 is 9.53 Å². The van der Waals surface area contributed by atoms with E-state index >= 15 is 0 Å². The number of rotatable bonds is 11. The summed E-state index contributed by atoms with van der Waals surface area (Å²) in [5.41, 5.74) is 10.3. The molecule has 0 saturated heterocycles. The summed E-state index contributed by atoms with van der Waals surface area (Å²) in [5, 5.41) is 3.02. The SMILES string of the molecule is CCCCCCNC(=O)c1c(N)n(-c2ccc(OCCCC)cc2)c2nc3ccccc3nc12. The lowest BCUT2D eigenvalue weighted by Gasteiger charge is -2.10. The third kappa shape index (κ3) is 4.98. The van der Waals surface area contributed by atoms with Crippen LogP contribution in [0.1, 0.15) is 62.7 Å². The number of nitrogen functional groups attached to an aromatic ring is 1. The number of ether oxygens (including phenoxy) is 1. The van der Waals surface area contributed by atoms with Crippen LogP contribution >= 0.6 is 0 Å². The van der Waals surface area contributed by atoms with Gasteiger partial charge >= 0.3 is 0 Å². The summed E-state index contributed by atoms with van der Waals surface area (Å²) in [6.45, 7) is 5.59. The molecule has 2 aromatic carbocycles. The number of anilines is 1. The molecule has 0 atom stereocenters. The minimum Gasteiger partial charge on any atom is -0.494 e. The van der Waals surface area contributed by atoms with Gasteiger partial charge in [-0.1, -0.05) is 51.7 Å². The van der Waals surface area contributed by atoms with Crippen molar-refractivity contribution >= 4 is 33.9 Å². The molecule has 178 valence electrons. The van der Waals surface area contributed by atoms with Gasteiger partial charge in [-0.25, -0.2) is 9.97 Å². The first-order valence-electron chi connectivity index (χ1n) is 12.2. The van der Waals surface area contributed by atoms with E-state index in [9.17, 15) is 4.79 Å². The molecule has 0 unspecified atom stereocenters. The standard InChI is InChI=1S/C27H33N5O2/c1-3-5-7-10-17-29-27(33)23-24-26(31-22-12-9-8-11-21(22)30-24)32(25(23)28)19-13-15-20(16-14-19)34-18-6-4-2/h8-9,11-16H,3-7,10,17-18,28H2,1-2H3,(H,29,33). The zero-order valence-electron chi connectivity index (χ0n) is 20.0. The Kier molecular flexibility index (Phi) is 7.62. The molecule has 3 N–H and O–H groups in total. The Morgan fingerprint density at radius 1 is 0.941 bits per heavy atom. The fourth-order valence-corrected chi connectivity index (χ4v) is 4.01. The first-order valence-corrected chi connectivity index (χ1v) is 12.2. The molecule has 2 heterocycles. The lowest BCUT2D eigenvalue weighted by molar-refractivity contribution is 0.0955. The number of amides is 1. The summed E-state index contributed by atoms with van der Waals surface area (Å²) in [7, 11) is 0. The number of nitrogens with one attached hydrogen (secondary N) is 1. The van der Waals surface area contributed by atoms with Gasteiger partial charge in [0, 0.05) is 12.2 Å². The van der Waals surface area contributed by atoms with Gasteiger partial charge in [-0.3, -0.25) is 9.36 Å². The Labute approximate surface area is 200 Å². The van der Waals surface area contributed by atoms with Crippen LogP contribution < -0.4 is 15.8 Å². The maximum atomic E-state index is 13.2. The van der Waals surface area contributed by atoms with Gasteiger partial charge in [-0.05, 0) is 49.2 Å². The Morgan fingerprint density at radius 3 is 2.35 bits per heavy atom. The zero-order valence-corrected chi connectivity index (χ0v) is 20.0. The van der Waals surface area contributed by atoms with Crippen molar-refractivity contribution in [2.45, 2.75) is 52.4 Å². The number of para-hydroxylation sites is 2. The van der Waals surface area contributed by atoms with Gasteiger partial charge in [0.1, 0.15) is 22.6 Å². The van der Waals surface area contributed by atoms with Crippen molar-refractivity contribution in [2.24, 2.45) is 0 Å². The van der Waals surface area contributed by atoms with E-state index in [0.717, 1.165) is 61.0 Å². The van der Waals surface area contributed by atoms with E-state index < -0.39 is 0 Å². The van der Waals surface area contributed by atoms with Crippen molar-refractivity contribution in [2.75, 3.05) is 18.9 Å². The fourth-order valence-electron chi connectivity index (χ4n) is 4.01. The quantitative estimate of drug-likeness (QED) is 0.283. The molecule has 34 heavy (non-hydrogen) atoms. The fraction of sp³-hybridized carbons (Fsp3) is 0.370. The topological polar surface area (TPSA) is 95.1 Å². The van der Waals surface area contributed by atoms with E-state index in [2.05, 4.69) is 19.2 Å². The summed E-state index contributed by atoms with van der Waals surface area (Å²) in [4.78, 5) is 22.8. The van der Waals surface area contributed by atoms with Crippen LogP contribution in [0.4, 0.5) is 5.82 Å². The second-order valence-corrected chi connectivity index (χ2v) is 8.49. The van der Waals surface area contributed by atoms with Crippen molar-refractivity contribution in [3.63, 3.8) is 0 Å². The normalized spacial score (nSPS) is 11.2. The van der Waals surface area contributed by atoms with Crippen molar-refractivity contribution in [1.29, 1.82) is 0 Å². The monoisotopic (exact) mass is 459 g/mol. The third-order valence-corrected chi connectivity index (χ3v) is 5.90. The zero-order chi connectivity index (χ0) is 23.9. The number of carbonyl (C=O) groups is 1. The highest BCUT2D eigenvalue weighted by Crippen LogP contribution is 2.31. The lowest BCUT2D eigenvalue weighted by atomic mass is 10.2. The molecule has 0 aliphatic rings. The van der Waals surface area contributed by atoms with E-state index in [0.29, 0.717) is 35.7 Å². The van der Waals surface area contributed by atoms with Crippen LogP contribution in [0.25, 0.3) is 27.9 Å². The maximum Gasteiger partial charge on any atom is 0.257 e. The van der Waals surface area contributed by atoms with E-state index in [-0.39, 0.29) is 5.91 Å².